The standard InChI is InChI=1S/C12H11BrFNO3S2/c1-7-4-12(19-11(7)6-16)20(17,18)15-8-2-3-9(13)10(14)5-8/h2-5,15-16H,6H2,1H3. The van der Waals surface area contributed by atoms with Gasteiger partial charge in [0.25, 0.3) is 10.0 Å². The molecule has 4 nitrogen and oxygen atoms in total. The molecule has 0 radical (unpaired) electrons. The Morgan fingerprint density at radius 2 is 2.10 bits per heavy atom. The van der Waals surface area contributed by atoms with Crippen LogP contribution in [0.1, 0.15) is 10.4 Å². The van der Waals surface area contributed by atoms with Crippen LogP contribution >= 0.6 is 27.3 Å². The quantitative estimate of drug-likeness (QED) is 0.856. The van der Waals surface area contributed by atoms with Crippen LogP contribution in [0.2, 0.25) is 0 Å². The Bertz CT molecular complexity index is 743. The van der Waals surface area contributed by atoms with Crippen molar-refractivity contribution in [1.29, 1.82) is 0 Å². The lowest BCUT2D eigenvalue weighted by Crippen LogP contribution is -2.11. The number of aliphatic hydroxyl groups excluding tert-OH is 1. The van der Waals surface area contributed by atoms with E-state index in [1.165, 1.54) is 18.2 Å². The SMILES string of the molecule is Cc1cc(S(=O)(=O)Nc2ccc(Br)c(F)c2)sc1CO. The normalized spacial score (nSPS) is 11.6. The fourth-order valence-electron chi connectivity index (χ4n) is 1.54. The second-order valence-corrected chi connectivity index (χ2v) is 7.96. The summed E-state index contributed by atoms with van der Waals surface area (Å²) in [7, 11) is -3.78. The minimum Gasteiger partial charge on any atom is -0.391 e. The largest absolute Gasteiger partial charge is 0.391 e. The van der Waals surface area contributed by atoms with Crippen molar-refractivity contribution in [2.24, 2.45) is 0 Å². The van der Waals surface area contributed by atoms with E-state index in [-0.39, 0.29) is 21.0 Å². The molecule has 2 N–H and O–H groups in total. The van der Waals surface area contributed by atoms with E-state index < -0.39 is 15.8 Å². The van der Waals surface area contributed by atoms with E-state index in [2.05, 4.69) is 20.7 Å². The van der Waals surface area contributed by atoms with E-state index >= 15 is 0 Å². The van der Waals surface area contributed by atoms with Gasteiger partial charge in [-0.15, -0.1) is 11.3 Å². The van der Waals surface area contributed by atoms with Crippen molar-refractivity contribution in [3.05, 3.63) is 45.0 Å². The first-order valence-corrected chi connectivity index (χ1v) is 8.61. The number of aliphatic hydroxyl groups is 1. The fourth-order valence-corrected chi connectivity index (χ4v) is 4.29. The second kappa shape index (κ2) is 5.80. The summed E-state index contributed by atoms with van der Waals surface area (Å²) in [6.45, 7) is 1.51. The number of hydrogen-bond acceptors (Lipinski definition) is 4. The van der Waals surface area contributed by atoms with E-state index in [1.807, 2.05) is 0 Å². The summed E-state index contributed by atoms with van der Waals surface area (Å²) in [4.78, 5) is 0.590. The summed E-state index contributed by atoms with van der Waals surface area (Å²) in [6.07, 6.45) is 0. The molecule has 2 rings (SSSR count). The van der Waals surface area contributed by atoms with Gasteiger partial charge in [-0.2, -0.15) is 0 Å². The lowest BCUT2D eigenvalue weighted by atomic mass is 10.3. The zero-order chi connectivity index (χ0) is 14.9. The molecule has 1 aromatic heterocycles. The molecule has 20 heavy (non-hydrogen) atoms. The lowest BCUT2D eigenvalue weighted by Gasteiger charge is -2.06. The fraction of sp³-hybridized carbons (Fsp3) is 0.167. The Labute approximate surface area is 128 Å². The average Bonchev–Trinajstić information content (AvgIpc) is 2.76. The van der Waals surface area contributed by atoms with Crippen molar-refractivity contribution in [3.8, 4) is 0 Å². The molecule has 0 spiro atoms. The first-order valence-electron chi connectivity index (χ1n) is 5.51. The van der Waals surface area contributed by atoms with Gasteiger partial charge in [-0.1, -0.05) is 0 Å². The second-order valence-electron chi connectivity index (χ2n) is 4.06. The van der Waals surface area contributed by atoms with Gasteiger partial charge in [0.2, 0.25) is 0 Å². The van der Waals surface area contributed by atoms with E-state index in [1.54, 1.807) is 6.92 Å². The smallest absolute Gasteiger partial charge is 0.271 e. The van der Waals surface area contributed by atoms with Crippen LogP contribution in [0, 0.1) is 12.7 Å². The average molecular weight is 380 g/mol. The number of aryl methyl sites for hydroxylation is 1. The molecule has 1 aromatic carbocycles. The molecule has 0 aliphatic heterocycles. The molecule has 0 atom stereocenters. The summed E-state index contributed by atoms with van der Waals surface area (Å²) < 4.78 is 40.3. The summed E-state index contributed by atoms with van der Waals surface area (Å²) in [5.74, 6) is -0.552. The van der Waals surface area contributed by atoms with Gasteiger partial charge in [-0.3, -0.25) is 4.72 Å². The maximum atomic E-state index is 13.4. The van der Waals surface area contributed by atoms with E-state index in [0.717, 1.165) is 17.4 Å². The van der Waals surface area contributed by atoms with Gasteiger partial charge in [0, 0.05) is 4.88 Å². The molecule has 0 amide bonds. The van der Waals surface area contributed by atoms with Gasteiger partial charge in [0.15, 0.2) is 0 Å². The highest BCUT2D eigenvalue weighted by Crippen LogP contribution is 2.28. The number of halogens is 2. The summed E-state index contributed by atoms with van der Waals surface area (Å²) in [6, 6.07) is 5.45. The van der Waals surface area contributed by atoms with Crippen molar-refractivity contribution < 1.29 is 17.9 Å². The van der Waals surface area contributed by atoms with Crippen molar-refractivity contribution in [2.75, 3.05) is 4.72 Å². The first kappa shape index (κ1) is 15.4. The molecular formula is C12H11BrFNO3S2. The predicted molar refractivity (Wildman–Crippen MR) is 79.9 cm³/mol. The molecule has 8 heteroatoms. The number of nitrogens with one attached hydrogen (secondary N) is 1. The Balaban J connectivity index is 2.32. The molecule has 0 unspecified atom stereocenters. The predicted octanol–water partition coefficient (Wildman–Crippen LogP) is 3.25. The summed E-state index contributed by atoms with van der Waals surface area (Å²) in [5, 5.41) is 9.09. The van der Waals surface area contributed by atoms with Crippen LogP contribution in [-0.2, 0) is 16.6 Å². The van der Waals surface area contributed by atoms with Crippen LogP contribution < -0.4 is 4.72 Å². The Morgan fingerprint density at radius 3 is 2.65 bits per heavy atom. The highest BCUT2D eigenvalue weighted by atomic mass is 79.9. The first-order chi connectivity index (χ1) is 9.33. The summed E-state index contributed by atoms with van der Waals surface area (Å²) in [5.41, 5.74) is 0.849. The minimum atomic E-state index is -3.78. The Hall–Kier alpha value is -0.960. The van der Waals surface area contributed by atoms with Crippen LogP contribution in [0.5, 0.6) is 0 Å². The van der Waals surface area contributed by atoms with Crippen molar-refractivity contribution >= 4 is 43.0 Å². The number of benzene rings is 1. The Morgan fingerprint density at radius 1 is 1.40 bits per heavy atom. The molecule has 0 aliphatic carbocycles. The van der Waals surface area contributed by atoms with Gasteiger partial charge in [-0.05, 0) is 52.7 Å². The third-order valence-electron chi connectivity index (χ3n) is 2.58. The van der Waals surface area contributed by atoms with Gasteiger partial charge >= 0.3 is 0 Å². The number of hydrogen-bond donors (Lipinski definition) is 2. The number of rotatable bonds is 4. The van der Waals surface area contributed by atoms with Crippen molar-refractivity contribution in [1.82, 2.24) is 0 Å². The van der Waals surface area contributed by atoms with Crippen molar-refractivity contribution in [3.63, 3.8) is 0 Å². The molecule has 0 aliphatic rings. The molecule has 2 aromatic rings. The third kappa shape index (κ3) is 3.20. The molecule has 1 heterocycles. The number of anilines is 1. The van der Waals surface area contributed by atoms with Gasteiger partial charge < -0.3 is 5.11 Å². The van der Waals surface area contributed by atoms with E-state index in [9.17, 15) is 12.8 Å². The monoisotopic (exact) mass is 379 g/mol. The van der Waals surface area contributed by atoms with Gasteiger partial charge in [-0.25, -0.2) is 12.8 Å². The van der Waals surface area contributed by atoms with E-state index in [0.29, 0.717) is 10.4 Å². The van der Waals surface area contributed by atoms with E-state index in [4.69, 9.17) is 5.11 Å². The minimum absolute atomic E-state index is 0.0855. The maximum Gasteiger partial charge on any atom is 0.271 e. The van der Waals surface area contributed by atoms with Crippen LogP contribution in [0.25, 0.3) is 0 Å². The molecule has 108 valence electrons. The molecular weight excluding hydrogens is 369 g/mol. The molecule has 0 bridgehead atoms. The van der Waals surface area contributed by atoms with Crippen LogP contribution in [0.4, 0.5) is 10.1 Å². The highest BCUT2D eigenvalue weighted by molar-refractivity contribution is 9.10. The molecule has 0 saturated heterocycles. The van der Waals surface area contributed by atoms with Gasteiger partial charge in [0.1, 0.15) is 10.0 Å². The third-order valence-corrected chi connectivity index (χ3v) is 6.30. The summed E-state index contributed by atoms with van der Waals surface area (Å²) >= 11 is 3.99. The van der Waals surface area contributed by atoms with Gasteiger partial charge in [0.05, 0.1) is 16.8 Å². The van der Waals surface area contributed by atoms with Crippen LogP contribution in [-0.4, -0.2) is 13.5 Å². The topological polar surface area (TPSA) is 66.4 Å². The maximum absolute atomic E-state index is 13.4. The van der Waals surface area contributed by atoms with Crippen LogP contribution in [0.15, 0.2) is 32.9 Å². The lowest BCUT2D eigenvalue weighted by molar-refractivity contribution is 0.285. The highest BCUT2D eigenvalue weighted by Gasteiger charge is 2.19. The number of sulfonamides is 1. The Kier molecular flexibility index (Phi) is 4.48. The molecule has 0 fully saturated rings. The van der Waals surface area contributed by atoms with Crippen LogP contribution in [0.3, 0.4) is 0 Å². The zero-order valence-corrected chi connectivity index (χ0v) is 13.6. The zero-order valence-electron chi connectivity index (χ0n) is 10.4. The van der Waals surface area contributed by atoms with Crippen molar-refractivity contribution in [2.45, 2.75) is 17.7 Å². The molecule has 0 saturated carbocycles. The number of thiophene rings is 1.